The number of amides is 1. The number of fused-ring (bicyclic) bond motifs is 1. The lowest BCUT2D eigenvalue weighted by Gasteiger charge is -2.01. The molecule has 2 heterocycles. The van der Waals surface area contributed by atoms with Crippen LogP contribution in [-0.4, -0.2) is 20.9 Å². The van der Waals surface area contributed by atoms with Crippen LogP contribution in [0.25, 0.3) is 11.0 Å². The van der Waals surface area contributed by atoms with Crippen LogP contribution in [0.4, 0.5) is 0 Å². The zero-order valence-electron chi connectivity index (χ0n) is 11.9. The first-order valence-electron chi connectivity index (χ1n) is 6.83. The highest BCUT2D eigenvalue weighted by atomic mass is 16.3. The number of aryl methyl sites for hydroxylation is 2. The Kier molecular flexibility index (Phi) is 3.43. The molecule has 0 saturated heterocycles. The molecule has 6 nitrogen and oxygen atoms in total. The van der Waals surface area contributed by atoms with Crippen molar-refractivity contribution in [1.29, 1.82) is 0 Å². The molecule has 2 aromatic heterocycles. The van der Waals surface area contributed by atoms with Crippen LogP contribution in [0.1, 0.15) is 34.6 Å². The van der Waals surface area contributed by atoms with E-state index < -0.39 is 0 Å². The van der Waals surface area contributed by atoms with Crippen molar-refractivity contribution in [3.05, 3.63) is 47.4 Å². The summed E-state index contributed by atoms with van der Waals surface area (Å²) in [6.07, 6.45) is 1.92. The summed E-state index contributed by atoms with van der Waals surface area (Å²) in [6.45, 7) is 4.26. The number of nitrogens with one attached hydrogen (secondary N) is 2. The Bertz CT molecular complexity index is 788. The molecule has 108 valence electrons. The molecule has 0 atom stereocenters. The van der Waals surface area contributed by atoms with Gasteiger partial charge in [0.1, 0.15) is 11.6 Å². The summed E-state index contributed by atoms with van der Waals surface area (Å²) in [6, 6.07) is 5.99. The van der Waals surface area contributed by atoms with Crippen molar-refractivity contribution < 1.29 is 9.21 Å². The van der Waals surface area contributed by atoms with Gasteiger partial charge in [-0.3, -0.25) is 4.79 Å². The third-order valence-electron chi connectivity index (χ3n) is 3.28. The summed E-state index contributed by atoms with van der Waals surface area (Å²) in [4.78, 5) is 23.6. The van der Waals surface area contributed by atoms with Crippen molar-refractivity contribution in [2.24, 2.45) is 0 Å². The second-order valence-corrected chi connectivity index (χ2v) is 4.86. The number of aromatic nitrogens is 3. The maximum absolute atomic E-state index is 12.1. The zero-order chi connectivity index (χ0) is 14.8. The molecule has 0 unspecified atom stereocenters. The highest BCUT2D eigenvalue weighted by molar-refractivity contribution is 5.93. The van der Waals surface area contributed by atoms with E-state index in [2.05, 4.69) is 20.3 Å². The molecular weight excluding hydrogens is 268 g/mol. The lowest BCUT2D eigenvalue weighted by atomic mass is 10.2. The summed E-state index contributed by atoms with van der Waals surface area (Å²) in [7, 11) is 0. The van der Waals surface area contributed by atoms with Gasteiger partial charge in [0.05, 0.1) is 17.6 Å². The number of oxazole rings is 1. The van der Waals surface area contributed by atoms with Crippen LogP contribution in [0.15, 0.2) is 29.0 Å². The van der Waals surface area contributed by atoms with Crippen LogP contribution in [0.3, 0.4) is 0 Å². The molecule has 0 fully saturated rings. The van der Waals surface area contributed by atoms with Crippen LogP contribution in [0.2, 0.25) is 0 Å². The van der Waals surface area contributed by atoms with E-state index in [0.717, 1.165) is 16.6 Å². The van der Waals surface area contributed by atoms with Gasteiger partial charge in [-0.25, -0.2) is 9.97 Å². The van der Waals surface area contributed by atoms with Crippen LogP contribution >= 0.6 is 0 Å². The van der Waals surface area contributed by atoms with Crippen LogP contribution in [0.5, 0.6) is 0 Å². The van der Waals surface area contributed by atoms with Gasteiger partial charge in [-0.05, 0) is 24.6 Å². The first-order chi connectivity index (χ1) is 10.2. The van der Waals surface area contributed by atoms with E-state index in [9.17, 15) is 4.79 Å². The van der Waals surface area contributed by atoms with Gasteiger partial charge in [0, 0.05) is 6.42 Å². The molecule has 0 aliphatic carbocycles. The van der Waals surface area contributed by atoms with Crippen molar-refractivity contribution in [2.75, 3.05) is 0 Å². The van der Waals surface area contributed by atoms with E-state index in [-0.39, 0.29) is 5.91 Å². The fourth-order valence-electron chi connectivity index (χ4n) is 2.21. The molecule has 21 heavy (non-hydrogen) atoms. The summed E-state index contributed by atoms with van der Waals surface area (Å²) < 4.78 is 5.15. The fraction of sp³-hybridized carbons (Fsp3) is 0.267. The highest BCUT2D eigenvalue weighted by Gasteiger charge is 2.15. The van der Waals surface area contributed by atoms with E-state index >= 15 is 0 Å². The normalized spacial score (nSPS) is 11.0. The van der Waals surface area contributed by atoms with Gasteiger partial charge in [0.15, 0.2) is 12.1 Å². The van der Waals surface area contributed by atoms with Gasteiger partial charge in [-0.15, -0.1) is 0 Å². The number of hydrogen-bond acceptors (Lipinski definition) is 4. The Hall–Kier alpha value is -2.63. The highest BCUT2D eigenvalue weighted by Crippen LogP contribution is 2.13. The van der Waals surface area contributed by atoms with Crippen molar-refractivity contribution in [2.45, 2.75) is 26.8 Å². The minimum atomic E-state index is -0.253. The van der Waals surface area contributed by atoms with Gasteiger partial charge < -0.3 is 14.7 Å². The van der Waals surface area contributed by atoms with Crippen LogP contribution in [0, 0.1) is 6.92 Å². The summed E-state index contributed by atoms with van der Waals surface area (Å²) in [5, 5.41) is 2.80. The minimum Gasteiger partial charge on any atom is -0.448 e. The van der Waals surface area contributed by atoms with Gasteiger partial charge in [-0.1, -0.05) is 13.0 Å². The monoisotopic (exact) mass is 284 g/mol. The molecule has 3 rings (SSSR count). The molecule has 1 amide bonds. The average Bonchev–Trinajstić information content (AvgIpc) is 3.10. The zero-order valence-corrected chi connectivity index (χ0v) is 11.9. The summed E-state index contributed by atoms with van der Waals surface area (Å²) in [5.41, 5.74) is 3.36. The Morgan fingerprint density at radius 2 is 2.29 bits per heavy atom. The topological polar surface area (TPSA) is 83.8 Å². The molecule has 2 N–H and O–H groups in total. The third kappa shape index (κ3) is 2.65. The van der Waals surface area contributed by atoms with Crippen LogP contribution in [-0.2, 0) is 13.0 Å². The molecule has 1 aromatic carbocycles. The number of aromatic amines is 1. The summed E-state index contributed by atoms with van der Waals surface area (Å²) in [5.74, 6) is 1.05. The molecule has 0 aliphatic rings. The number of H-pyrrole nitrogens is 1. The number of benzene rings is 1. The van der Waals surface area contributed by atoms with Gasteiger partial charge in [-0.2, -0.15) is 0 Å². The third-order valence-corrected chi connectivity index (χ3v) is 3.28. The molecule has 0 spiro atoms. The second-order valence-electron chi connectivity index (χ2n) is 4.86. The van der Waals surface area contributed by atoms with Gasteiger partial charge >= 0.3 is 0 Å². The Labute approximate surface area is 121 Å². The number of carbonyl (C=O) groups excluding carboxylic acids is 1. The van der Waals surface area contributed by atoms with Crippen molar-refractivity contribution in [1.82, 2.24) is 20.3 Å². The Morgan fingerprint density at radius 3 is 3.10 bits per heavy atom. The van der Waals surface area contributed by atoms with E-state index in [1.54, 1.807) is 0 Å². The molecular formula is C15H16N4O2. The number of carbonyl (C=O) groups is 1. The molecule has 0 aliphatic heterocycles. The predicted octanol–water partition coefficient (Wildman–Crippen LogP) is 2.35. The Morgan fingerprint density at radius 1 is 1.43 bits per heavy atom. The molecule has 6 heteroatoms. The lowest BCUT2D eigenvalue weighted by Crippen LogP contribution is -2.24. The maximum atomic E-state index is 12.1. The quantitative estimate of drug-likeness (QED) is 0.770. The molecule has 0 radical (unpaired) electrons. The SMILES string of the molecule is CCc1ocnc1C(=O)NCc1nc2ccc(C)cc2[nH]1. The smallest absolute Gasteiger partial charge is 0.273 e. The van der Waals surface area contributed by atoms with Gasteiger partial charge in [0.2, 0.25) is 0 Å². The van der Waals surface area contributed by atoms with Gasteiger partial charge in [0.25, 0.3) is 5.91 Å². The molecule has 0 bridgehead atoms. The van der Waals surface area contributed by atoms with Crippen molar-refractivity contribution in [3.8, 4) is 0 Å². The molecule has 0 saturated carbocycles. The molecule has 3 aromatic rings. The average molecular weight is 284 g/mol. The van der Waals surface area contributed by atoms with E-state index in [0.29, 0.717) is 30.2 Å². The Balaban J connectivity index is 1.73. The first kappa shape index (κ1) is 13.4. The standard InChI is InChI=1S/C15H16N4O2/c1-3-12-14(17-8-21-12)15(20)16-7-13-18-10-5-4-9(2)6-11(10)19-13/h4-6,8H,3,7H2,1-2H3,(H,16,20)(H,18,19). The van der Waals surface area contributed by atoms with Crippen molar-refractivity contribution in [3.63, 3.8) is 0 Å². The summed E-state index contributed by atoms with van der Waals surface area (Å²) >= 11 is 0. The number of hydrogen-bond donors (Lipinski definition) is 2. The fourth-order valence-corrected chi connectivity index (χ4v) is 2.21. The minimum absolute atomic E-state index is 0.253. The van der Waals surface area contributed by atoms with E-state index in [1.807, 2.05) is 32.0 Å². The largest absolute Gasteiger partial charge is 0.448 e. The number of rotatable bonds is 4. The van der Waals surface area contributed by atoms with Crippen LogP contribution < -0.4 is 5.32 Å². The predicted molar refractivity (Wildman–Crippen MR) is 77.9 cm³/mol. The number of nitrogens with zero attached hydrogens (tertiary/aromatic N) is 2. The number of imidazole rings is 1. The maximum Gasteiger partial charge on any atom is 0.273 e. The van der Waals surface area contributed by atoms with E-state index in [1.165, 1.54) is 6.39 Å². The van der Waals surface area contributed by atoms with E-state index in [4.69, 9.17) is 4.42 Å². The van der Waals surface area contributed by atoms with Crippen molar-refractivity contribution >= 4 is 16.9 Å². The second kappa shape index (κ2) is 5.40. The first-order valence-corrected chi connectivity index (χ1v) is 6.83. The lowest BCUT2D eigenvalue weighted by molar-refractivity contribution is 0.0943.